The fraction of sp³-hybridized carbons (Fsp3) is 0.462. The van der Waals surface area contributed by atoms with Gasteiger partial charge >= 0.3 is 0 Å². The predicted molar refractivity (Wildman–Crippen MR) is 60.9 cm³/mol. The van der Waals surface area contributed by atoms with E-state index in [1.165, 1.54) is 13.8 Å². The van der Waals surface area contributed by atoms with Crippen molar-refractivity contribution in [2.24, 2.45) is 0 Å². The molecule has 4 heteroatoms. The highest BCUT2D eigenvalue weighted by atomic mass is 19.1. The van der Waals surface area contributed by atoms with Crippen LogP contribution in [-0.4, -0.2) is 13.2 Å². The van der Waals surface area contributed by atoms with Crippen LogP contribution in [0.3, 0.4) is 0 Å². The molecule has 0 aromatic heterocycles. The number of nitrogens with zero attached hydrogens (tertiary/aromatic N) is 1. The van der Waals surface area contributed by atoms with E-state index < -0.39 is 5.67 Å². The summed E-state index contributed by atoms with van der Waals surface area (Å²) in [6.45, 7) is 3.95. The molecule has 1 aliphatic rings. The molecule has 0 radical (unpaired) electrons. The molecule has 1 aromatic rings. The van der Waals surface area contributed by atoms with Crippen molar-refractivity contribution in [3.05, 3.63) is 23.3 Å². The first-order chi connectivity index (χ1) is 8.02. The van der Waals surface area contributed by atoms with Crippen molar-refractivity contribution in [1.82, 2.24) is 0 Å². The quantitative estimate of drug-likeness (QED) is 0.751. The molecule has 0 unspecified atom stereocenters. The lowest BCUT2D eigenvalue weighted by Crippen LogP contribution is -2.12. The lowest BCUT2D eigenvalue weighted by molar-refractivity contribution is 0.219. The van der Waals surface area contributed by atoms with Crippen molar-refractivity contribution in [3.63, 3.8) is 0 Å². The van der Waals surface area contributed by atoms with Crippen molar-refractivity contribution in [1.29, 1.82) is 5.26 Å². The number of nitriles is 1. The molecule has 0 aliphatic carbocycles. The number of hydrogen-bond acceptors (Lipinski definition) is 3. The van der Waals surface area contributed by atoms with E-state index in [1.54, 1.807) is 12.1 Å². The van der Waals surface area contributed by atoms with Gasteiger partial charge in [-0.25, -0.2) is 4.39 Å². The highest BCUT2D eigenvalue weighted by Crippen LogP contribution is 2.37. The summed E-state index contributed by atoms with van der Waals surface area (Å²) in [4.78, 5) is 0. The van der Waals surface area contributed by atoms with Crippen LogP contribution in [0.4, 0.5) is 4.39 Å². The van der Waals surface area contributed by atoms with Crippen LogP contribution in [-0.2, 0) is 5.67 Å². The van der Waals surface area contributed by atoms with Crippen molar-refractivity contribution < 1.29 is 13.9 Å². The van der Waals surface area contributed by atoms with Gasteiger partial charge in [-0.15, -0.1) is 0 Å². The van der Waals surface area contributed by atoms with Gasteiger partial charge < -0.3 is 9.47 Å². The molecule has 0 atom stereocenters. The summed E-state index contributed by atoms with van der Waals surface area (Å²) in [5.74, 6) is 1.04. The van der Waals surface area contributed by atoms with Gasteiger partial charge in [0.2, 0.25) is 0 Å². The summed E-state index contributed by atoms with van der Waals surface area (Å²) < 4.78 is 24.9. The van der Waals surface area contributed by atoms with E-state index >= 15 is 0 Å². The normalized spacial score (nSPS) is 14.9. The third-order valence-corrected chi connectivity index (χ3v) is 2.65. The van der Waals surface area contributed by atoms with E-state index in [2.05, 4.69) is 0 Å². The molecule has 0 spiro atoms. The Kier molecular flexibility index (Phi) is 2.93. The monoisotopic (exact) mass is 235 g/mol. The average Bonchev–Trinajstić information content (AvgIpc) is 2.50. The molecule has 0 N–H and O–H groups in total. The SMILES string of the molecule is CC(C)(F)c1cc2c(cc1C#N)OCCCO2. The minimum atomic E-state index is -1.57. The lowest BCUT2D eigenvalue weighted by Gasteiger charge is -2.18. The highest BCUT2D eigenvalue weighted by Gasteiger charge is 2.26. The molecule has 0 fully saturated rings. The van der Waals surface area contributed by atoms with E-state index in [-0.39, 0.29) is 0 Å². The maximum absolute atomic E-state index is 14.0. The van der Waals surface area contributed by atoms with E-state index in [9.17, 15) is 4.39 Å². The zero-order chi connectivity index (χ0) is 12.5. The Morgan fingerprint density at radius 2 is 1.82 bits per heavy atom. The number of ether oxygens (including phenoxy) is 2. The summed E-state index contributed by atoms with van der Waals surface area (Å²) >= 11 is 0. The van der Waals surface area contributed by atoms with Gasteiger partial charge in [0.25, 0.3) is 0 Å². The molecule has 17 heavy (non-hydrogen) atoms. The highest BCUT2D eigenvalue weighted by molar-refractivity contribution is 5.53. The summed E-state index contributed by atoms with van der Waals surface area (Å²) in [5, 5.41) is 9.04. The minimum absolute atomic E-state index is 0.293. The van der Waals surface area contributed by atoms with E-state index in [0.717, 1.165) is 6.42 Å². The fourth-order valence-corrected chi connectivity index (χ4v) is 1.79. The third kappa shape index (κ3) is 2.33. The molecular weight excluding hydrogens is 221 g/mol. The van der Waals surface area contributed by atoms with Crippen LogP contribution in [0.15, 0.2) is 12.1 Å². The third-order valence-electron chi connectivity index (χ3n) is 2.65. The van der Waals surface area contributed by atoms with Crippen molar-refractivity contribution in [3.8, 4) is 17.6 Å². The van der Waals surface area contributed by atoms with Crippen LogP contribution in [0.2, 0.25) is 0 Å². The number of hydrogen-bond donors (Lipinski definition) is 0. The van der Waals surface area contributed by atoms with Gasteiger partial charge in [-0.2, -0.15) is 5.26 Å². The smallest absolute Gasteiger partial charge is 0.162 e. The second-order valence-electron chi connectivity index (χ2n) is 4.48. The molecular formula is C13H14FNO2. The minimum Gasteiger partial charge on any atom is -0.490 e. The molecule has 1 aromatic carbocycles. The van der Waals surface area contributed by atoms with Gasteiger partial charge in [-0.05, 0) is 19.9 Å². The zero-order valence-corrected chi connectivity index (χ0v) is 9.92. The average molecular weight is 235 g/mol. The van der Waals surface area contributed by atoms with Gasteiger partial charge in [0.15, 0.2) is 11.5 Å². The predicted octanol–water partition coefficient (Wildman–Crippen LogP) is 2.92. The number of alkyl halides is 1. The molecule has 0 saturated carbocycles. The lowest BCUT2D eigenvalue weighted by atomic mass is 9.94. The molecule has 1 aliphatic heterocycles. The van der Waals surface area contributed by atoms with Crippen LogP contribution >= 0.6 is 0 Å². The largest absolute Gasteiger partial charge is 0.490 e. The maximum Gasteiger partial charge on any atom is 0.162 e. The summed E-state index contributed by atoms with van der Waals surface area (Å²) in [7, 11) is 0. The van der Waals surface area contributed by atoms with Crippen LogP contribution in [0.25, 0.3) is 0 Å². The maximum atomic E-state index is 14.0. The molecule has 2 rings (SSSR count). The van der Waals surface area contributed by atoms with Crippen LogP contribution in [0.5, 0.6) is 11.5 Å². The first kappa shape index (κ1) is 11.7. The van der Waals surface area contributed by atoms with E-state index in [1.807, 2.05) is 6.07 Å². The fourth-order valence-electron chi connectivity index (χ4n) is 1.79. The summed E-state index contributed by atoms with van der Waals surface area (Å²) in [6.07, 6.45) is 0.783. The zero-order valence-electron chi connectivity index (χ0n) is 9.92. The van der Waals surface area contributed by atoms with Gasteiger partial charge in [0.1, 0.15) is 5.67 Å². The Morgan fingerprint density at radius 3 is 2.35 bits per heavy atom. The Hall–Kier alpha value is -1.76. The standard InChI is InChI=1S/C13H14FNO2/c1-13(2,14)10-7-12-11(6-9(10)8-15)16-4-3-5-17-12/h6-7H,3-5H2,1-2H3. The Labute approximate surface area is 99.8 Å². The molecule has 0 saturated heterocycles. The molecule has 1 heterocycles. The Bertz CT molecular complexity index is 472. The summed E-state index contributed by atoms with van der Waals surface area (Å²) in [5.41, 5.74) is -0.943. The first-order valence-corrected chi connectivity index (χ1v) is 5.55. The molecule has 90 valence electrons. The number of rotatable bonds is 1. The second-order valence-corrected chi connectivity index (χ2v) is 4.48. The van der Waals surface area contributed by atoms with Gasteiger partial charge in [-0.3, -0.25) is 0 Å². The molecule has 0 bridgehead atoms. The Balaban J connectivity index is 2.55. The summed E-state index contributed by atoms with van der Waals surface area (Å²) in [6, 6.07) is 5.12. The topological polar surface area (TPSA) is 42.2 Å². The number of halogens is 1. The van der Waals surface area contributed by atoms with E-state index in [0.29, 0.717) is 35.8 Å². The second kappa shape index (κ2) is 4.25. The van der Waals surface area contributed by atoms with Gasteiger partial charge in [0.05, 0.1) is 24.8 Å². The molecule has 3 nitrogen and oxygen atoms in total. The number of benzene rings is 1. The van der Waals surface area contributed by atoms with Crippen LogP contribution in [0.1, 0.15) is 31.4 Å². The van der Waals surface area contributed by atoms with Crippen molar-refractivity contribution in [2.75, 3.05) is 13.2 Å². The van der Waals surface area contributed by atoms with Crippen molar-refractivity contribution >= 4 is 0 Å². The Morgan fingerprint density at radius 1 is 1.24 bits per heavy atom. The van der Waals surface area contributed by atoms with Gasteiger partial charge in [-0.1, -0.05) is 0 Å². The molecule has 0 amide bonds. The van der Waals surface area contributed by atoms with Crippen LogP contribution < -0.4 is 9.47 Å². The van der Waals surface area contributed by atoms with Gasteiger partial charge in [0, 0.05) is 18.1 Å². The number of fused-ring (bicyclic) bond motifs is 1. The van der Waals surface area contributed by atoms with Crippen LogP contribution in [0, 0.1) is 11.3 Å². The van der Waals surface area contributed by atoms with E-state index in [4.69, 9.17) is 14.7 Å². The first-order valence-electron chi connectivity index (χ1n) is 5.55. The van der Waals surface area contributed by atoms with Crippen molar-refractivity contribution in [2.45, 2.75) is 25.9 Å².